The summed E-state index contributed by atoms with van der Waals surface area (Å²) in [5.41, 5.74) is 9.01. The Bertz CT molecular complexity index is 2050. The lowest BCUT2D eigenvalue weighted by atomic mass is 9.95. The number of nitrogen functional groups attached to an aromatic ring is 1. The van der Waals surface area contributed by atoms with Crippen LogP contribution in [-0.2, 0) is 11.3 Å². The second kappa shape index (κ2) is 14.0. The standard InChI is InChI=1S/C33H27ClN4O6.2ClH/c1-41-26-14-18(15-27(42-2)30(26)34)29-22-13-12-21(44-17-28-36-24-6-4-5-7-25(24)37-28)16-23(22)32(39)38(31(29)33(40)43-3)20-10-8-19(35)9-11-20;;/h4-16H,17,35H2,1-3H3,(H,36,37);2*1H. The summed E-state index contributed by atoms with van der Waals surface area (Å²) < 4.78 is 23.6. The van der Waals surface area contributed by atoms with E-state index in [1.165, 1.54) is 25.9 Å². The first-order valence-electron chi connectivity index (χ1n) is 13.5. The van der Waals surface area contributed by atoms with Gasteiger partial charge in [0.25, 0.3) is 5.56 Å². The Balaban J connectivity index is 0.00000240. The van der Waals surface area contributed by atoms with Gasteiger partial charge >= 0.3 is 5.97 Å². The van der Waals surface area contributed by atoms with Crippen molar-refractivity contribution in [3.63, 3.8) is 0 Å². The molecule has 0 aliphatic heterocycles. The van der Waals surface area contributed by atoms with E-state index in [1.807, 2.05) is 24.3 Å². The van der Waals surface area contributed by atoms with Crippen LogP contribution in [0.25, 0.3) is 38.6 Å². The number of esters is 1. The van der Waals surface area contributed by atoms with E-state index < -0.39 is 11.5 Å². The number of rotatable bonds is 8. The van der Waals surface area contributed by atoms with E-state index in [0.717, 1.165) is 11.0 Å². The van der Waals surface area contributed by atoms with Crippen molar-refractivity contribution < 1.29 is 23.7 Å². The Morgan fingerprint density at radius 2 is 1.59 bits per heavy atom. The fourth-order valence-electron chi connectivity index (χ4n) is 5.16. The normalized spacial score (nSPS) is 10.6. The van der Waals surface area contributed by atoms with Crippen LogP contribution in [0.15, 0.2) is 83.7 Å². The molecule has 2 heterocycles. The number of aromatic amines is 1. The fourth-order valence-corrected chi connectivity index (χ4v) is 5.42. The largest absolute Gasteiger partial charge is 0.495 e. The zero-order valence-corrected chi connectivity index (χ0v) is 27.2. The summed E-state index contributed by atoms with van der Waals surface area (Å²) in [5.74, 6) is 0.977. The number of aromatic nitrogens is 3. The van der Waals surface area contributed by atoms with E-state index >= 15 is 0 Å². The minimum absolute atomic E-state index is 0. The maximum Gasteiger partial charge on any atom is 0.355 e. The Morgan fingerprint density at radius 1 is 0.913 bits per heavy atom. The molecule has 0 radical (unpaired) electrons. The Hall–Kier alpha value is -4.90. The molecule has 0 unspecified atom stereocenters. The average molecular weight is 684 g/mol. The number of imidazole rings is 1. The average Bonchev–Trinajstić information content (AvgIpc) is 3.47. The van der Waals surface area contributed by atoms with Gasteiger partial charge in [-0.25, -0.2) is 9.78 Å². The van der Waals surface area contributed by atoms with E-state index in [1.54, 1.807) is 54.6 Å². The summed E-state index contributed by atoms with van der Waals surface area (Å²) in [5, 5.41) is 1.03. The van der Waals surface area contributed by atoms with Crippen LogP contribution in [0.1, 0.15) is 16.3 Å². The van der Waals surface area contributed by atoms with Gasteiger partial charge in [0, 0.05) is 16.9 Å². The molecule has 0 saturated heterocycles. The number of anilines is 1. The van der Waals surface area contributed by atoms with Gasteiger partial charge in [-0.05, 0) is 77.7 Å². The van der Waals surface area contributed by atoms with Gasteiger partial charge in [-0.15, -0.1) is 24.8 Å². The van der Waals surface area contributed by atoms with Crippen molar-refractivity contribution in [1.82, 2.24) is 14.5 Å². The summed E-state index contributed by atoms with van der Waals surface area (Å²) in [7, 11) is 4.21. The predicted octanol–water partition coefficient (Wildman–Crippen LogP) is 7.00. The van der Waals surface area contributed by atoms with Crippen LogP contribution < -0.4 is 25.5 Å². The highest BCUT2D eigenvalue weighted by molar-refractivity contribution is 6.33. The van der Waals surface area contributed by atoms with Gasteiger partial charge in [0.05, 0.1) is 37.7 Å². The molecule has 0 bridgehead atoms. The van der Waals surface area contributed by atoms with E-state index in [0.29, 0.717) is 56.3 Å². The number of para-hydroxylation sites is 2. The number of nitrogens with two attached hydrogens (primary N) is 1. The SMILES string of the molecule is COC(=O)c1c(-c2cc(OC)c(Cl)c(OC)c2)c2ccc(OCc3nc4ccccc4[nH]3)cc2c(=O)n1-c1ccc(N)cc1.Cl.Cl. The number of carbonyl (C=O) groups is 1. The lowest BCUT2D eigenvalue weighted by Crippen LogP contribution is -2.27. The van der Waals surface area contributed by atoms with Crippen LogP contribution in [0.3, 0.4) is 0 Å². The molecule has 0 atom stereocenters. The molecule has 238 valence electrons. The van der Waals surface area contributed by atoms with Gasteiger partial charge in [0.2, 0.25) is 0 Å². The topological polar surface area (TPSA) is 131 Å². The monoisotopic (exact) mass is 682 g/mol. The molecular weight excluding hydrogens is 655 g/mol. The molecule has 0 aliphatic rings. The maximum atomic E-state index is 14.3. The number of nitrogens with zero attached hydrogens (tertiary/aromatic N) is 2. The summed E-state index contributed by atoms with van der Waals surface area (Å²) in [4.78, 5) is 35.6. The van der Waals surface area contributed by atoms with Crippen LogP contribution >= 0.6 is 36.4 Å². The third kappa shape index (κ3) is 6.15. The zero-order chi connectivity index (χ0) is 31.0. The third-order valence-electron chi connectivity index (χ3n) is 7.23. The van der Waals surface area contributed by atoms with Crippen molar-refractivity contribution in [2.75, 3.05) is 27.1 Å². The maximum absolute atomic E-state index is 14.3. The Labute approximate surface area is 280 Å². The summed E-state index contributed by atoms with van der Waals surface area (Å²) in [6, 6.07) is 22.7. The number of ether oxygens (including phenoxy) is 4. The number of nitrogens with one attached hydrogen (secondary N) is 1. The van der Waals surface area contributed by atoms with Crippen molar-refractivity contribution in [2.45, 2.75) is 6.61 Å². The summed E-state index contributed by atoms with van der Waals surface area (Å²) in [6.07, 6.45) is 0. The van der Waals surface area contributed by atoms with Crippen LogP contribution in [0.4, 0.5) is 5.69 Å². The van der Waals surface area contributed by atoms with E-state index in [4.69, 9.17) is 36.3 Å². The molecule has 10 nitrogen and oxygen atoms in total. The number of hydrogen-bond donors (Lipinski definition) is 2. The third-order valence-corrected chi connectivity index (χ3v) is 7.61. The molecule has 0 amide bonds. The fraction of sp³-hybridized carbons (Fsp3) is 0.121. The van der Waals surface area contributed by atoms with Crippen molar-refractivity contribution >= 4 is 69.9 Å². The van der Waals surface area contributed by atoms with Crippen LogP contribution in [-0.4, -0.2) is 41.8 Å². The molecule has 0 aliphatic carbocycles. The van der Waals surface area contributed by atoms with Gasteiger partial charge in [-0.3, -0.25) is 9.36 Å². The molecule has 2 aromatic heterocycles. The molecule has 6 aromatic rings. The van der Waals surface area contributed by atoms with Crippen LogP contribution in [0.2, 0.25) is 5.02 Å². The van der Waals surface area contributed by atoms with E-state index in [9.17, 15) is 9.59 Å². The highest BCUT2D eigenvalue weighted by atomic mass is 35.5. The first-order chi connectivity index (χ1) is 21.3. The lowest BCUT2D eigenvalue weighted by molar-refractivity contribution is 0.0591. The number of pyridine rings is 1. The molecule has 3 N–H and O–H groups in total. The number of methoxy groups -OCH3 is 3. The molecular formula is C33H29Cl3N4O6. The van der Waals surface area contributed by atoms with Crippen molar-refractivity contribution in [3.05, 3.63) is 106 Å². The number of H-pyrrole nitrogens is 1. The molecule has 0 spiro atoms. The second-order valence-electron chi connectivity index (χ2n) is 9.84. The molecule has 46 heavy (non-hydrogen) atoms. The number of hydrogen-bond acceptors (Lipinski definition) is 8. The summed E-state index contributed by atoms with van der Waals surface area (Å²) in [6.45, 7) is 0.144. The molecule has 4 aromatic carbocycles. The summed E-state index contributed by atoms with van der Waals surface area (Å²) >= 11 is 6.48. The van der Waals surface area contributed by atoms with Gasteiger partial charge < -0.3 is 29.7 Å². The van der Waals surface area contributed by atoms with Gasteiger partial charge in [0.15, 0.2) is 0 Å². The first kappa shape index (κ1) is 34.0. The van der Waals surface area contributed by atoms with Crippen molar-refractivity contribution in [2.24, 2.45) is 0 Å². The minimum atomic E-state index is -0.728. The quantitative estimate of drug-likeness (QED) is 0.130. The van der Waals surface area contributed by atoms with Crippen molar-refractivity contribution in [3.8, 4) is 34.1 Å². The van der Waals surface area contributed by atoms with E-state index in [2.05, 4.69) is 9.97 Å². The highest BCUT2D eigenvalue weighted by Gasteiger charge is 2.27. The Morgan fingerprint density at radius 3 is 2.22 bits per heavy atom. The first-order valence-corrected chi connectivity index (χ1v) is 13.9. The van der Waals surface area contributed by atoms with Crippen LogP contribution in [0, 0.1) is 0 Å². The van der Waals surface area contributed by atoms with Gasteiger partial charge in [-0.1, -0.05) is 23.7 Å². The highest BCUT2D eigenvalue weighted by Crippen LogP contribution is 2.42. The Kier molecular flexibility index (Phi) is 10.4. The van der Waals surface area contributed by atoms with Crippen LogP contribution in [0.5, 0.6) is 17.2 Å². The second-order valence-corrected chi connectivity index (χ2v) is 10.2. The molecule has 0 fully saturated rings. The number of benzene rings is 4. The minimum Gasteiger partial charge on any atom is -0.495 e. The molecule has 0 saturated carbocycles. The van der Waals surface area contributed by atoms with Gasteiger partial charge in [-0.2, -0.15) is 0 Å². The number of carbonyl (C=O) groups excluding carboxylic acids is 1. The molecule has 6 rings (SSSR count). The molecule has 13 heteroatoms. The lowest BCUT2D eigenvalue weighted by Gasteiger charge is -2.20. The predicted molar refractivity (Wildman–Crippen MR) is 184 cm³/mol. The number of fused-ring (bicyclic) bond motifs is 2. The zero-order valence-electron chi connectivity index (χ0n) is 24.8. The number of halogens is 3. The smallest absolute Gasteiger partial charge is 0.355 e. The van der Waals surface area contributed by atoms with E-state index in [-0.39, 0.29) is 42.1 Å². The van der Waals surface area contributed by atoms with Crippen molar-refractivity contribution in [1.29, 1.82) is 0 Å². The van der Waals surface area contributed by atoms with Gasteiger partial charge in [0.1, 0.15) is 40.4 Å².